The van der Waals surface area contributed by atoms with Gasteiger partial charge in [0.2, 0.25) is 0 Å². The fourth-order valence-electron chi connectivity index (χ4n) is 2.82. The second-order valence-electron chi connectivity index (χ2n) is 5.67. The lowest BCUT2D eigenvalue weighted by Gasteiger charge is -2.05. The first kappa shape index (κ1) is 14.4. The molecule has 0 amide bonds. The van der Waals surface area contributed by atoms with Gasteiger partial charge in [-0.25, -0.2) is 9.97 Å². The van der Waals surface area contributed by atoms with E-state index in [0.29, 0.717) is 0 Å². The monoisotopic (exact) mass is 311 g/mol. The first-order valence-corrected chi connectivity index (χ1v) is 7.95. The van der Waals surface area contributed by atoms with E-state index in [1.807, 2.05) is 36.4 Å². The predicted octanol–water partition coefficient (Wildman–Crippen LogP) is 4.90. The fraction of sp³-hybridized carbons (Fsp3) is 0.0476. The van der Waals surface area contributed by atoms with Gasteiger partial charge in [-0.1, -0.05) is 48.5 Å². The van der Waals surface area contributed by atoms with E-state index >= 15 is 0 Å². The Kier molecular flexibility index (Phi) is 3.67. The minimum atomic E-state index is 0.871. The Morgan fingerprint density at radius 3 is 2.46 bits per heavy atom. The number of imidazole rings is 1. The van der Waals surface area contributed by atoms with Crippen LogP contribution in [0.4, 0.5) is 0 Å². The van der Waals surface area contributed by atoms with E-state index in [9.17, 15) is 0 Å². The molecule has 3 heteroatoms. The lowest BCUT2D eigenvalue weighted by molar-refractivity contribution is 1.00. The number of aryl methyl sites for hydroxylation is 1. The van der Waals surface area contributed by atoms with Crippen molar-refractivity contribution in [2.45, 2.75) is 6.92 Å². The molecular weight excluding hydrogens is 294 g/mol. The summed E-state index contributed by atoms with van der Waals surface area (Å²) in [6.07, 6.45) is 5.96. The van der Waals surface area contributed by atoms with E-state index < -0.39 is 0 Å². The fourth-order valence-corrected chi connectivity index (χ4v) is 2.82. The molecule has 116 valence electrons. The van der Waals surface area contributed by atoms with Crippen molar-refractivity contribution in [3.8, 4) is 5.82 Å². The maximum absolute atomic E-state index is 4.77. The molecule has 0 aliphatic rings. The van der Waals surface area contributed by atoms with Crippen LogP contribution in [-0.4, -0.2) is 14.5 Å². The van der Waals surface area contributed by atoms with Crippen LogP contribution in [0.3, 0.4) is 0 Å². The highest BCUT2D eigenvalue weighted by molar-refractivity contribution is 5.82. The Bertz CT molecular complexity index is 1010. The third-order valence-electron chi connectivity index (χ3n) is 4.07. The van der Waals surface area contributed by atoms with Gasteiger partial charge >= 0.3 is 0 Å². The van der Waals surface area contributed by atoms with Crippen molar-refractivity contribution < 1.29 is 0 Å². The molecule has 3 nitrogen and oxygen atoms in total. The summed E-state index contributed by atoms with van der Waals surface area (Å²) in [5.41, 5.74) is 4.46. The zero-order valence-corrected chi connectivity index (χ0v) is 13.4. The van der Waals surface area contributed by atoms with E-state index in [-0.39, 0.29) is 0 Å². The number of benzene rings is 2. The lowest BCUT2D eigenvalue weighted by atomic mass is 10.1. The molecule has 0 atom stereocenters. The van der Waals surface area contributed by atoms with Crippen LogP contribution in [0, 0.1) is 6.92 Å². The SMILES string of the molecule is Cc1ccccc1/C=C/c1nc2ccccc2n1-c1ccccn1. The van der Waals surface area contributed by atoms with Gasteiger partial charge in [-0.05, 0) is 48.4 Å². The number of hydrogen-bond acceptors (Lipinski definition) is 2. The van der Waals surface area contributed by atoms with Crippen LogP contribution in [0.2, 0.25) is 0 Å². The average molecular weight is 311 g/mol. The van der Waals surface area contributed by atoms with Crippen molar-refractivity contribution in [3.63, 3.8) is 0 Å². The zero-order chi connectivity index (χ0) is 16.4. The van der Waals surface area contributed by atoms with Gasteiger partial charge in [-0.2, -0.15) is 0 Å². The molecule has 0 unspecified atom stereocenters. The van der Waals surface area contributed by atoms with E-state index in [1.54, 1.807) is 6.20 Å². The molecular formula is C21H17N3. The van der Waals surface area contributed by atoms with Gasteiger partial charge in [0.05, 0.1) is 11.0 Å². The predicted molar refractivity (Wildman–Crippen MR) is 99.0 cm³/mol. The summed E-state index contributed by atoms with van der Waals surface area (Å²) in [7, 11) is 0. The summed E-state index contributed by atoms with van der Waals surface area (Å²) in [4.78, 5) is 9.26. The van der Waals surface area contributed by atoms with Gasteiger partial charge in [0.25, 0.3) is 0 Å². The number of hydrogen-bond donors (Lipinski definition) is 0. The summed E-state index contributed by atoms with van der Waals surface area (Å²) in [6, 6.07) is 22.4. The number of rotatable bonds is 3. The van der Waals surface area contributed by atoms with Crippen molar-refractivity contribution in [2.75, 3.05) is 0 Å². The van der Waals surface area contributed by atoms with Crippen LogP contribution in [-0.2, 0) is 0 Å². The maximum atomic E-state index is 4.77. The molecule has 0 spiro atoms. The molecule has 0 aliphatic carbocycles. The van der Waals surface area contributed by atoms with Crippen molar-refractivity contribution in [1.82, 2.24) is 14.5 Å². The number of aromatic nitrogens is 3. The second kappa shape index (κ2) is 6.13. The number of fused-ring (bicyclic) bond motifs is 1. The molecule has 2 aromatic carbocycles. The van der Waals surface area contributed by atoms with Crippen LogP contribution < -0.4 is 0 Å². The van der Waals surface area contributed by atoms with Crippen LogP contribution in [0.25, 0.3) is 29.0 Å². The number of pyridine rings is 1. The van der Waals surface area contributed by atoms with Crippen molar-refractivity contribution in [2.24, 2.45) is 0 Å². The topological polar surface area (TPSA) is 30.7 Å². The Morgan fingerprint density at radius 1 is 0.833 bits per heavy atom. The summed E-state index contributed by atoms with van der Waals surface area (Å²) in [6.45, 7) is 2.11. The van der Waals surface area contributed by atoms with Crippen molar-refractivity contribution in [1.29, 1.82) is 0 Å². The molecule has 2 heterocycles. The summed E-state index contributed by atoms with van der Waals surface area (Å²) in [5.74, 6) is 1.74. The lowest BCUT2D eigenvalue weighted by Crippen LogP contribution is -1.99. The standard InChI is InChI=1S/C21H17N3/c1-16-8-2-3-9-17(16)13-14-21-23-18-10-4-5-11-19(18)24(21)20-12-6-7-15-22-20/h2-15H,1H3/b14-13+. The molecule has 4 aromatic rings. The van der Waals surface area contributed by atoms with E-state index in [0.717, 1.165) is 22.7 Å². The van der Waals surface area contributed by atoms with Gasteiger partial charge in [0.1, 0.15) is 11.6 Å². The highest BCUT2D eigenvalue weighted by Crippen LogP contribution is 2.22. The Balaban J connectivity index is 1.88. The second-order valence-corrected chi connectivity index (χ2v) is 5.67. The molecule has 0 fully saturated rings. The van der Waals surface area contributed by atoms with Gasteiger partial charge in [-0.3, -0.25) is 4.57 Å². The zero-order valence-electron chi connectivity index (χ0n) is 13.4. The molecule has 0 saturated carbocycles. The van der Waals surface area contributed by atoms with E-state index in [2.05, 4.69) is 59.0 Å². The molecule has 24 heavy (non-hydrogen) atoms. The Morgan fingerprint density at radius 2 is 1.62 bits per heavy atom. The van der Waals surface area contributed by atoms with Crippen LogP contribution in [0.1, 0.15) is 17.0 Å². The van der Waals surface area contributed by atoms with Crippen molar-refractivity contribution >= 4 is 23.2 Å². The van der Waals surface area contributed by atoms with Crippen molar-refractivity contribution in [3.05, 3.63) is 89.9 Å². The van der Waals surface area contributed by atoms with Crippen LogP contribution in [0.5, 0.6) is 0 Å². The van der Waals surface area contributed by atoms with Gasteiger partial charge in [-0.15, -0.1) is 0 Å². The maximum Gasteiger partial charge on any atom is 0.139 e. The first-order valence-electron chi connectivity index (χ1n) is 7.95. The normalized spacial score (nSPS) is 11.4. The third kappa shape index (κ3) is 2.61. The molecule has 0 saturated heterocycles. The minimum absolute atomic E-state index is 0.871. The van der Waals surface area contributed by atoms with Gasteiger partial charge in [0.15, 0.2) is 0 Å². The number of para-hydroxylation sites is 2. The summed E-state index contributed by atoms with van der Waals surface area (Å²) >= 11 is 0. The molecule has 0 bridgehead atoms. The molecule has 0 radical (unpaired) electrons. The summed E-state index contributed by atoms with van der Waals surface area (Å²) < 4.78 is 2.09. The first-order chi connectivity index (χ1) is 11.8. The Labute approximate surface area is 140 Å². The van der Waals surface area contributed by atoms with Crippen LogP contribution >= 0.6 is 0 Å². The minimum Gasteiger partial charge on any atom is -0.277 e. The molecule has 0 aliphatic heterocycles. The van der Waals surface area contributed by atoms with Gasteiger partial charge < -0.3 is 0 Å². The summed E-state index contributed by atoms with van der Waals surface area (Å²) in [5, 5.41) is 0. The molecule has 4 rings (SSSR count). The molecule has 2 aromatic heterocycles. The molecule has 0 N–H and O–H groups in total. The van der Waals surface area contributed by atoms with E-state index in [1.165, 1.54) is 11.1 Å². The highest BCUT2D eigenvalue weighted by Gasteiger charge is 2.10. The highest BCUT2D eigenvalue weighted by atomic mass is 15.1. The average Bonchev–Trinajstić information content (AvgIpc) is 3.00. The van der Waals surface area contributed by atoms with Crippen LogP contribution in [0.15, 0.2) is 72.9 Å². The number of nitrogens with zero attached hydrogens (tertiary/aromatic N) is 3. The van der Waals surface area contributed by atoms with E-state index in [4.69, 9.17) is 4.98 Å². The largest absolute Gasteiger partial charge is 0.277 e. The smallest absolute Gasteiger partial charge is 0.139 e. The third-order valence-corrected chi connectivity index (χ3v) is 4.07. The Hall–Kier alpha value is -3.20. The quantitative estimate of drug-likeness (QED) is 0.539. The van der Waals surface area contributed by atoms with Gasteiger partial charge in [0, 0.05) is 6.20 Å².